The molecule has 164 valence electrons. The number of primary amides is 1. The molecule has 0 saturated heterocycles. The number of aromatic nitrogens is 2. The Balaban J connectivity index is 1.89. The van der Waals surface area contributed by atoms with E-state index in [1.807, 2.05) is 13.8 Å². The number of amides is 1. The number of rotatable bonds is 7. The highest BCUT2D eigenvalue weighted by Gasteiger charge is 2.31. The molecule has 2 heterocycles. The fourth-order valence-corrected chi connectivity index (χ4v) is 3.77. The molecule has 3 aromatic rings. The lowest BCUT2D eigenvalue weighted by Crippen LogP contribution is -2.41. The first-order valence-corrected chi connectivity index (χ1v) is 9.98. The number of benzene rings is 1. The molecule has 0 aliphatic carbocycles. The summed E-state index contributed by atoms with van der Waals surface area (Å²) in [7, 11) is 0. The molecular weight excluding hydrogens is 428 g/mol. The lowest BCUT2D eigenvalue weighted by molar-refractivity contribution is -0.0186. The van der Waals surface area contributed by atoms with Gasteiger partial charge in [0.05, 0.1) is 11.2 Å². The topological polar surface area (TPSA) is 87.3 Å². The van der Waals surface area contributed by atoms with Crippen LogP contribution in [0.5, 0.6) is 5.75 Å². The van der Waals surface area contributed by atoms with Crippen LogP contribution in [-0.4, -0.2) is 28.3 Å². The van der Waals surface area contributed by atoms with E-state index in [1.165, 1.54) is 6.20 Å². The smallest absolute Gasteiger partial charge is 0.405 e. The van der Waals surface area contributed by atoms with Crippen LogP contribution < -0.4 is 10.5 Å². The highest BCUT2D eigenvalue weighted by molar-refractivity contribution is 6.31. The third-order valence-electron chi connectivity index (χ3n) is 4.57. The Hall–Kier alpha value is -3.00. The van der Waals surface area contributed by atoms with Crippen molar-refractivity contribution in [1.82, 2.24) is 9.97 Å². The van der Waals surface area contributed by atoms with E-state index < -0.39 is 23.3 Å². The van der Waals surface area contributed by atoms with E-state index in [1.54, 1.807) is 25.1 Å². The summed E-state index contributed by atoms with van der Waals surface area (Å²) >= 11 is 6.30. The Kier molecular flexibility index (Phi) is 6.59. The fourth-order valence-electron chi connectivity index (χ4n) is 3.56. The summed E-state index contributed by atoms with van der Waals surface area (Å²) in [5.74, 6) is -0.974. The molecule has 3 rings (SSSR count). The van der Waals surface area contributed by atoms with Crippen LogP contribution in [0.1, 0.15) is 27.2 Å². The van der Waals surface area contributed by atoms with E-state index in [0.717, 1.165) is 12.1 Å². The normalized spacial score (nSPS) is 13.3. The first-order chi connectivity index (χ1) is 14.6. The van der Waals surface area contributed by atoms with Gasteiger partial charge in [-0.25, -0.2) is 18.6 Å². The summed E-state index contributed by atoms with van der Waals surface area (Å²) in [5.41, 5.74) is 5.19. The lowest BCUT2D eigenvalue weighted by atomic mass is 9.95. The molecule has 1 atom stereocenters. The van der Waals surface area contributed by atoms with Crippen molar-refractivity contribution in [3.05, 3.63) is 53.3 Å². The molecule has 0 aliphatic heterocycles. The molecule has 0 aliphatic rings. The van der Waals surface area contributed by atoms with E-state index in [2.05, 4.69) is 9.97 Å². The van der Waals surface area contributed by atoms with E-state index in [9.17, 15) is 13.6 Å². The predicted octanol–water partition coefficient (Wildman–Crippen LogP) is 5.51. The van der Waals surface area contributed by atoms with Crippen LogP contribution in [-0.2, 0) is 4.74 Å². The van der Waals surface area contributed by atoms with Gasteiger partial charge < -0.3 is 15.2 Å². The van der Waals surface area contributed by atoms with Gasteiger partial charge in [-0.3, -0.25) is 4.98 Å². The van der Waals surface area contributed by atoms with E-state index in [-0.39, 0.29) is 34.3 Å². The van der Waals surface area contributed by atoms with Gasteiger partial charge >= 0.3 is 6.09 Å². The highest BCUT2D eigenvalue weighted by Crippen LogP contribution is 2.33. The minimum atomic E-state index is -0.948. The molecule has 2 N–H and O–H groups in total. The van der Waals surface area contributed by atoms with Crippen LogP contribution in [0.15, 0.2) is 36.5 Å². The zero-order valence-corrected chi connectivity index (χ0v) is 18.0. The predicted molar refractivity (Wildman–Crippen MR) is 114 cm³/mol. The van der Waals surface area contributed by atoms with Crippen LogP contribution in [0.2, 0.25) is 5.15 Å². The second-order valence-corrected chi connectivity index (χ2v) is 8.24. The largest absolute Gasteiger partial charge is 0.486 e. The molecule has 1 aromatic carbocycles. The Morgan fingerprint density at radius 2 is 2.00 bits per heavy atom. The number of hydrogen-bond donors (Lipinski definition) is 1. The van der Waals surface area contributed by atoms with E-state index in [0.29, 0.717) is 17.7 Å². The van der Waals surface area contributed by atoms with Gasteiger partial charge in [-0.15, -0.1) is 0 Å². The van der Waals surface area contributed by atoms with Gasteiger partial charge in [0.25, 0.3) is 0 Å². The first-order valence-electron chi connectivity index (χ1n) is 9.60. The van der Waals surface area contributed by atoms with Crippen molar-refractivity contribution >= 4 is 28.6 Å². The van der Waals surface area contributed by atoms with Crippen LogP contribution in [0.4, 0.5) is 13.6 Å². The van der Waals surface area contributed by atoms with Crippen LogP contribution >= 0.6 is 11.6 Å². The molecule has 0 radical (unpaired) electrons. The zero-order chi connectivity index (χ0) is 22.8. The minimum Gasteiger partial charge on any atom is -0.486 e. The van der Waals surface area contributed by atoms with Crippen molar-refractivity contribution in [2.45, 2.75) is 32.8 Å². The SMILES string of the molecule is CC(C)C[C@@](C)(COc1ccc(-c2ccnc3cc(F)cc(F)c23)nc1Cl)OC(N)=O. The van der Waals surface area contributed by atoms with Gasteiger partial charge in [-0.1, -0.05) is 25.4 Å². The molecule has 6 nitrogen and oxygen atoms in total. The van der Waals surface area contributed by atoms with Crippen molar-refractivity contribution in [3.63, 3.8) is 0 Å². The monoisotopic (exact) mass is 449 g/mol. The number of nitrogens with zero attached hydrogens (tertiary/aromatic N) is 2. The Morgan fingerprint density at radius 1 is 1.26 bits per heavy atom. The van der Waals surface area contributed by atoms with Crippen molar-refractivity contribution in [3.8, 4) is 17.0 Å². The summed E-state index contributed by atoms with van der Waals surface area (Å²) in [6.45, 7) is 5.70. The van der Waals surface area contributed by atoms with Crippen LogP contribution in [0, 0.1) is 17.6 Å². The molecule has 0 unspecified atom stereocenters. The molecule has 0 bridgehead atoms. The van der Waals surface area contributed by atoms with Gasteiger partial charge in [-0.2, -0.15) is 0 Å². The molecule has 31 heavy (non-hydrogen) atoms. The second kappa shape index (κ2) is 9.01. The number of carbonyl (C=O) groups is 1. The average molecular weight is 450 g/mol. The van der Waals surface area contributed by atoms with Crippen LogP contribution in [0.3, 0.4) is 0 Å². The number of carbonyl (C=O) groups excluding carboxylic acids is 1. The quantitative estimate of drug-likeness (QED) is 0.481. The number of halogens is 3. The number of ether oxygens (including phenoxy) is 2. The summed E-state index contributed by atoms with van der Waals surface area (Å²) in [6.07, 6.45) is 1.07. The van der Waals surface area contributed by atoms with Crippen molar-refractivity contribution < 1.29 is 23.0 Å². The highest BCUT2D eigenvalue weighted by atomic mass is 35.5. The maximum absolute atomic E-state index is 14.4. The molecule has 0 fully saturated rings. The Labute approximate surface area is 183 Å². The fraction of sp³-hybridized carbons (Fsp3) is 0.318. The van der Waals surface area contributed by atoms with E-state index >= 15 is 0 Å². The summed E-state index contributed by atoms with van der Waals surface area (Å²) < 4.78 is 38.9. The summed E-state index contributed by atoms with van der Waals surface area (Å²) in [5, 5.41) is 0.177. The zero-order valence-electron chi connectivity index (χ0n) is 17.3. The summed E-state index contributed by atoms with van der Waals surface area (Å²) in [4.78, 5) is 19.6. The molecule has 0 saturated carbocycles. The molecule has 1 amide bonds. The molecule has 2 aromatic heterocycles. The van der Waals surface area contributed by atoms with Gasteiger partial charge in [0.1, 0.15) is 23.8 Å². The van der Waals surface area contributed by atoms with Gasteiger partial charge in [0, 0.05) is 29.3 Å². The minimum absolute atomic E-state index is 0.0148. The average Bonchev–Trinajstić information content (AvgIpc) is 2.65. The third-order valence-corrected chi connectivity index (χ3v) is 4.84. The van der Waals surface area contributed by atoms with Gasteiger partial charge in [-0.05, 0) is 37.5 Å². The third kappa shape index (κ3) is 5.38. The molecular formula is C22H22ClF2N3O3. The Bertz CT molecular complexity index is 1130. The molecule has 0 spiro atoms. The lowest BCUT2D eigenvalue weighted by Gasteiger charge is -2.30. The number of nitrogens with two attached hydrogens (primary N) is 1. The number of hydrogen-bond acceptors (Lipinski definition) is 5. The van der Waals surface area contributed by atoms with E-state index in [4.69, 9.17) is 26.8 Å². The standard InChI is InChI=1S/C22H22ClF2N3O3/c1-12(2)10-22(3,31-21(26)29)11-30-18-5-4-16(28-20(18)23)14-6-7-27-17-9-13(24)8-15(25)19(14)17/h4-9,12H,10-11H2,1-3H3,(H2,26,29)/t22-/m0/s1. The number of fused-ring (bicyclic) bond motifs is 1. The van der Waals surface area contributed by atoms with Crippen LogP contribution in [0.25, 0.3) is 22.2 Å². The van der Waals surface area contributed by atoms with Gasteiger partial charge in [0.2, 0.25) is 0 Å². The van der Waals surface area contributed by atoms with Gasteiger partial charge in [0.15, 0.2) is 10.9 Å². The van der Waals surface area contributed by atoms with Crippen molar-refractivity contribution in [2.24, 2.45) is 11.7 Å². The first kappa shape index (κ1) is 22.7. The maximum Gasteiger partial charge on any atom is 0.405 e. The maximum atomic E-state index is 14.4. The second-order valence-electron chi connectivity index (χ2n) is 7.88. The Morgan fingerprint density at radius 3 is 2.65 bits per heavy atom. The van der Waals surface area contributed by atoms with Crippen molar-refractivity contribution in [1.29, 1.82) is 0 Å². The molecule has 9 heteroatoms. The van der Waals surface area contributed by atoms with Crippen molar-refractivity contribution in [2.75, 3.05) is 6.61 Å². The number of pyridine rings is 2. The summed E-state index contributed by atoms with van der Waals surface area (Å²) in [6, 6.07) is 6.70.